The minimum Gasteiger partial charge on any atom is -0.481 e. The zero-order valence-corrected chi connectivity index (χ0v) is 9.89. The van der Waals surface area contributed by atoms with E-state index in [9.17, 15) is 9.59 Å². The first-order chi connectivity index (χ1) is 8.15. The second-order valence-electron chi connectivity index (χ2n) is 4.22. The third-order valence-electron chi connectivity index (χ3n) is 2.91. The number of carbonyl (C=O) groups is 2. The summed E-state index contributed by atoms with van der Waals surface area (Å²) in [6, 6.07) is -0.546. The third kappa shape index (κ3) is 4.70. The fraction of sp³-hybridized carbons (Fsp3) is 0.818. The van der Waals surface area contributed by atoms with E-state index in [2.05, 4.69) is 5.32 Å². The summed E-state index contributed by atoms with van der Waals surface area (Å²) in [6.07, 6.45) is 2.38. The van der Waals surface area contributed by atoms with Crippen molar-refractivity contribution < 1.29 is 19.8 Å². The van der Waals surface area contributed by atoms with Crippen LogP contribution < -0.4 is 5.32 Å². The number of aliphatic hydroxyl groups excluding tert-OH is 1. The summed E-state index contributed by atoms with van der Waals surface area (Å²) in [4.78, 5) is 24.2. The molecule has 0 bridgehead atoms. The zero-order chi connectivity index (χ0) is 12.7. The van der Waals surface area contributed by atoms with Crippen molar-refractivity contribution in [3.63, 3.8) is 0 Å². The van der Waals surface area contributed by atoms with Gasteiger partial charge in [0.05, 0.1) is 12.5 Å². The lowest BCUT2D eigenvalue weighted by atomic mass is 10.1. The predicted octanol–water partition coefficient (Wildman–Crippen LogP) is -0.576. The quantitative estimate of drug-likeness (QED) is 0.522. The number of amides is 1. The highest BCUT2D eigenvalue weighted by Crippen LogP contribution is 2.10. The van der Waals surface area contributed by atoms with Crippen LogP contribution in [0.3, 0.4) is 0 Å². The molecule has 3 N–H and O–H groups in total. The van der Waals surface area contributed by atoms with Crippen LogP contribution in [0.4, 0.5) is 0 Å². The summed E-state index contributed by atoms with van der Waals surface area (Å²) in [5, 5.41) is 20.1. The van der Waals surface area contributed by atoms with Gasteiger partial charge >= 0.3 is 5.97 Å². The van der Waals surface area contributed by atoms with Gasteiger partial charge in [-0.1, -0.05) is 0 Å². The molecule has 0 aliphatic carbocycles. The van der Waals surface area contributed by atoms with Crippen LogP contribution in [0.25, 0.3) is 0 Å². The number of rotatable bonds is 7. The summed E-state index contributed by atoms with van der Waals surface area (Å²) >= 11 is 0. The molecule has 0 saturated carbocycles. The Labute approximate surface area is 101 Å². The molecule has 1 saturated heterocycles. The first-order valence-electron chi connectivity index (χ1n) is 5.99. The Morgan fingerprint density at radius 3 is 2.82 bits per heavy atom. The molecular weight excluding hydrogens is 224 g/mol. The second-order valence-corrected chi connectivity index (χ2v) is 4.22. The number of unbranched alkanes of at least 4 members (excludes halogenated alkanes) is 2. The molecule has 1 fully saturated rings. The van der Waals surface area contributed by atoms with Gasteiger partial charge in [0.15, 0.2) is 0 Å². The van der Waals surface area contributed by atoms with Gasteiger partial charge < -0.3 is 15.5 Å². The molecule has 1 unspecified atom stereocenters. The van der Waals surface area contributed by atoms with Gasteiger partial charge in [-0.25, -0.2) is 0 Å². The number of piperazine rings is 1. The van der Waals surface area contributed by atoms with E-state index >= 15 is 0 Å². The molecule has 1 aliphatic heterocycles. The summed E-state index contributed by atoms with van der Waals surface area (Å²) in [5.41, 5.74) is 0. The molecule has 98 valence electrons. The Morgan fingerprint density at radius 1 is 1.41 bits per heavy atom. The molecule has 0 radical (unpaired) electrons. The standard InChI is InChI=1S/C11H20N2O4/c14-7-3-1-2-5-13-6-4-12-11(17)9(13)8-10(15)16/h9,14H,1-8H2,(H,12,17)(H,15,16). The minimum absolute atomic E-state index is 0.147. The summed E-state index contributed by atoms with van der Waals surface area (Å²) in [5.74, 6) is -1.15. The monoisotopic (exact) mass is 244 g/mol. The molecule has 6 nitrogen and oxygen atoms in total. The smallest absolute Gasteiger partial charge is 0.305 e. The normalized spacial score (nSPS) is 21.2. The molecule has 1 rings (SSSR count). The van der Waals surface area contributed by atoms with Crippen LogP contribution in [0.1, 0.15) is 25.7 Å². The van der Waals surface area contributed by atoms with E-state index in [4.69, 9.17) is 10.2 Å². The van der Waals surface area contributed by atoms with Crippen molar-refractivity contribution in [2.24, 2.45) is 0 Å². The number of carbonyl (C=O) groups excluding carboxylic acids is 1. The van der Waals surface area contributed by atoms with E-state index in [1.165, 1.54) is 0 Å². The van der Waals surface area contributed by atoms with Crippen LogP contribution in [0.15, 0.2) is 0 Å². The lowest BCUT2D eigenvalue weighted by Crippen LogP contribution is -2.56. The van der Waals surface area contributed by atoms with Crippen LogP contribution in [0.2, 0.25) is 0 Å². The van der Waals surface area contributed by atoms with Gasteiger partial charge in [-0.2, -0.15) is 0 Å². The molecule has 17 heavy (non-hydrogen) atoms. The van der Waals surface area contributed by atoms with Crippen molar-refractivity contribution >= 4 is 11.9 Å². The summed E-state index contributed by atoms with van der Waals surface area (Å²) in [7, 11) is 0. The number of aliphatic hydroxyl groups is 1. The fourth-order valence-corrected chi connectivity index (χ4v) is 2.02. The Bertz CT molecular complexity index is 270. The molecule has 0 aromatic carbocycles. The van der Waals surface area contributed by atoms with Gasteiger partial charge in [0, 0.05) is 19.7 Å². The van der Waals surface area contributed by atoms with Gasteiger partial charge in [0.2, 0.25) is 5.91 Å². The van der Waals surface area contributed by atoms with Crippen LogP contribution in [0.5, 0.6) is 0 Å². The largest absolute Gasteiger partial charge is 0.481 e. The predicted molar refractivity (Wildman–Crippen MR) is 61.6 cm³/mol. The molecule has 1 amide bonds. The fourth-order valence-electron chi connectivity index (χ4n) is 2.02. The topological polar surface area (TPSA) is 89.9 Å². The van der Waals surface area contributed by atoms with Crippen molar-refractivity contribution in [3.05, 3.63) is 0 Å². The first-order valence-corrected chi connectivity index (χ1v) is 5.99. The van der Waals surface area contributed by atoms with Crippen LogP contribution >= 0.6 is 0 Å². The number of aliphatic carboxylic acids is 1. The maximum atomic E-state index is 11.6. The van der Waals surface area contributed by atoms with Crippen molar-refractivity contribution in [1.29, 1.82) is 0 Å². The number of carboxylic acid groups (broad SMARTS) is 1. The van der Waals surface area contributed by atoms with Crippen molar-refractivity contribution in [1.82, 2.24) is 10.2 Å². The molecule has 1 aliphatic rings. The van der Waals surface area contributed by atoms with Crippen molar-refractivity contribution in [3.8, 4) is 0 Å². The van der Waals surface area contributed by atoms with Gasteiger partial charge in [-0.05, 0) is 25.8 Å². The first kappa shape index (κ1) is 13.9. The second kappa shape index (κ2) is 7.24. The molecular formula is C11H20N2O4. The van der Waals surface area contributed by atoms with Gasteiger partial charge in [-0.15, -0.1) is 0 Å². The van der Waals surface area contributed by atoms with Gasteiger partial charge in [-0.3, -0.25) is 14.5 Å². The van der Waals surface area contributed by atoms with E-state index in [0.717, 1.165) is 19.3 Å². The molecule has 1 heterocycles. The Kier molecular flexibility index (Phi) is 5.93. The van der Waals surface area contributed by atoms with Crippen LogP contribution in [-0.4, -0.2) is 59.3 Å². The molecule has 0 aromatic rings. The minimum atomic E-state index is -0.951. The highest BCUT2D eigenvalue weighted by molar-refractivity contribution is 5.86. The van der Waals surface area contributed by atoms with E-state index in [-0.39, 0.29) is 18.9 Å². The SMILES string of the molecule is O=C(O)CC1C(=O)NCCN1CCCCCO. The highest BCUT2D eigenvalue weighted by Gasteiger charge is 2.30. The van der Waals surface area contributed by atoms with Crippen LogP contribution in [0, 0.1) is 0 Å². The molecule has 0 spiro atoms. The van der Waals surface area contributed by atoms with E-state index in [1.807, 2.05) is 4.90 Å². The molecule has 1 atom stereocenters. The van der Waals surface area contributed by atoms with E-state index in [1.54, 1.807) is 0 Å². The van der Waals surface area contributed by atoms with E-state index in [0.29, 0.717) is 19.6 Å². The lowest BCUT2D eigenvalue weighted by molar-refractivity contribution is -0.143. The maximum Gasteiger partial charge on any atom is 0.305 e. The average molecular weight is 244 g/mol. The maximum absolute atomic E-state index is 11.6. The number of nitrogens with zero attached hydrogens (tertiary/aromatic N) is 1. The van der Waals surface area contributed by atoms with Gasteiger partial charge in [0.25, 0.3) is 0 Å². The number of hydrogen-bond acceptors (Lipinski definition) is 4. The van der Waals surface area contributed by atoms with Crippen LogP contribution in [-0.2, 0) is 9.59 Å². The molecule has 6 heteroatoms. The Hall–Kier alpha value is -1.14. The van der Waals surface area contributed by atoms with E-state index < -0.39 is 12.0 Å². The highest BCUT2D eigenvalue weighted by atomic mass is 16.4. The van der Waals surface area contributed by atoms with Crippen molar-refractivity contribution in [2.45, 2.75) is 31.7 Å². The lowest BCUT2D eigenvalue weighted by Gasteiger charge is -2.34. The number of carboxylic acids is 1. The number of nitrogens with one attached hydrogen (secondary N) is 1. The Balaban J connectivity index is 2.42. The number of hydrogen-bond donors (Lipinski definition) is 3. The molecule has 0 aromatic heterocycles. The van der Waals surface area contributed by atoms with Gasteiger partial charge in [0.1, 0.15) is 0 Å². The Morgan fingerprint density at radius 2 is 2.18 bits per heavy atom. The van der Waals surface area contributed by atoms with Crippen molar-refractivity contribution in [2.75, 3.05) is 26.2 Å². The third-order valence-corrected chi connectivity index (χ3v) is 2.91. The summed E-state index contributed by atoms with van der Waals surface area (Å²) < 4.78 is 0. The summed E-state index contributed by atoms with van der Waals surface area (Å²) in [6.45, 7) is 2.17. The average Bonchev–Trinajstić information content (AvgIpc) is 2.28. The zero-order valence-electron chi connectivity index (χ0n) is 9.89.